The van der Waals surface area contributed by atoms with Crippen molar-refractivity contribution in [3.05, 3.63) is 15.6 Å². The minimum atomic E-state index is -0.395. The Labute approximate surface area is 78.3 Å². The number of aromatic amines is 2. The molecule has 2 aromatic rings. The van der Waals surface area contributed by atoms with Gasteiger partial charge in [0.2, 0.25) is 10.9 Å². The Balaban J connectivity index is 0.000000396. The Morgan fingerprint density at radius 2 is 2.00 bits per heavy atom. The molecule has 0 amide bonds. The molecule has 2 heterocycles. The molecule has 70 valence electrons. The van der Waals surface area contributed by atoms with Gasteiger partial charge in [0.15, 0.2) is 5.52 Å². The fraction of sp³-hybridized carbons (Fsp3) is 0.333. The fourth-order valence-electron chi connectivity index (χ4n) is 0.729. The van der Waals surface area contributed by atoms with E-state index >= 15 is 0 Å². The third-order valence-corrected chi connectivity index (χ3v) is 1.34. The van der Waals surface area contributed by atoms with Gasteiger partial charge in [-0.3, -0.25) is 9.78 Å². The molecule has 0 aliphatic rings. The van der Waals surface area contributed by atoms with E-state index in [-0.39, 0.29) is 16.4 Å². The Morgan fingerprint density at radius 3 is 2.69 bits per heavy atom. The smallest absolute Gasteiger partial charge is 0.282 e. The van der Waals surface area contributed by atoms with Gasteiger partial charge in [0, 0.05) is 0 Å². The topological polar surface area (TPSA) is 87.3 Å². The highest BCUT2D eigenvalue weighted by Crippen LogP contribution is 2.00. The average molecular weight is 202 g/mol. The van der Waals surface area contributed by atoms with Crippen LogP contribution < -0.4 is 5.56 Å². The largest absolute Gasteiger partial charge is 0.295 e. The first kappa shape index (κ1) is 9.66. The standard InChI is InChI=1S/C4H2ClN5O.C2H6/c5-4-6-2-1(3(11)7-4)8-10-9-2;1-2/h(H2,6,7,8,9,10,11);1-2H3. The van der Waals surface area contributed by atoms with Crippen LogP contribution in [0.1, 0.15) is 13.8 Å². The molecule has 0 aliphatic carbocycles. The summed E-state index contributed by atoms with van der Waals surface area (Å²) < 4.78 is 0. The van der Waals surface area contributed by atoms with Crippen LogP contribution in [0.4, 0.5) is 0 Å². The quantitative estimate of drug-likeness (QED) is 0.615. The van der Waals surface area contributed by atoms with E-state index in [0.29, 0.717) is 0 Å². The lowest BCUT2D eigenvalue weighted by atomic mass is 10.6. The van der Waals surface area contributed by atoms with Crippen LogP contribution in [-0.4, -0.2) is 25.4 Å². The molecule has 7 heteroatoms. The average Bonchev–Trinajstić information content (AvgIpc) is 2.55. The summed E-state index contributed by atoms with van der Waals surface area (Å²) in [6.07, 6.45) is 0. The summed E-state index contributed by atoms with van der Waals surface area (Å²) in [4.78, 5) is 16.9. The van der Waals surface area contributed by atoms with Crippen LogP contribution in [-0.2, 0) is 0 Å². The SMILES string of the molecule is CC.O=c1[nH]c(Cl)nc2n[nH]nc12. The summed E-state index contributed by atoms with van der Waals surface area (Å²) in [5.41, 5.74) is -0.0121. The van der Waals surface area contributed by atoms with Gasteiger partial charge in [-0.15, -0.1) is 10.2 Å². The number of H-pyrrole nitrogens is 2. The number of rotatable bonds is 0. The second-order valence-corrected chi connectivity index (χ2v) is 2.21. The van der Waals surface area contributed by atoms with Crippen LogP contribution in [0, 0.1) is 0 Å². The molecule has 0 spiro atoms. The molecule has 6 nitrogen and oxygen atoms in total. The highest BCUT2D eigenvalue weighted by Gasteiger charge is 2.04. The van der Waals surface area contributed by atoms with Gasteiger partial charge in [0.25, 0.3) is 5.56 Å². The maximum Gasteiger partial charge on any atom is 0.282 e. The molecule has 0 saturated carbocycles. The first-order chi connectivity index (χ1) is 6.27. The zero-order valence-corrected chi connectivity index (χ0v) is 7.88. The normalized spacial score (nSPS) is 9.46. The van der Waals surface area contributed by atoms with Gasteiger partial charge in [0.1, 0.15) is 0 Å². The monoisotopic (exact) mass is 201 g/mol. The molecule has 2 aromatic heterocycles. The number of hydrogen-bond acceptors (Lipinski definition) is 4. The fourth-order valence-corrected chi connectivity index (χ4v) is 0.895. The van der Waals surface area contributed by atoms with Crippen LogP contribution in [0.15, 0.2) is 4.79 Å². The zero-order chi connectivity index (χ0) is 9.84. The van der Waals surface area contributed by atoms with Gasteiger partial charge < -0.3 is 0 Å². The summed E-state index contributed by atoms with van der Waals surface area (Å²) in [6.45, 7) is 4.00. The van der Waals surface area contributed by atoms with Gasteiger partial charge in [-0.2, -0.15) is 10.2 Å². The van der Waals surface area contributed by atoms with Crippen LogP contribution >= 0.6 is 11.6 Å². The summed E-state index contributed by atoms with van der Waals surface area (Å²) >= 11 is 5.43. The van der Waals surface area contributed by atoms with Gasteiger partial charge in [0.05, 0.1) is 0 Å². The van der Waals surface area contributed by atoms with Crippen molar-refractivity contribution in [2.75, 3.05) is 0 Å². The molecule has 0 saturated heterocycles. The Hall–Kier alpha value is -1.43. The highest BCUT2D eigenvalue weighted by atomic mass is 35.5. The first-order valence-electron chi connectivity index (χ1n) is 3.73. The molecule has 0 aliphatic heterocycles. The lowest BCUT2D eigenvalue weighted by Crippen LogP contribution is -2.07. The maximum atomic E-state index is 11.0. The van der Waals surface area contributed by atoms with Crippen molar-refractivity contribution in [2.24, 2.45) is 0 Å². The van der Waals surface area contributed by atoms with Crippen molar-refractivity contribution in [3.8, 4) is 0 Å². The second-order valence-electron chi connectivity index (χ2n) is 1.85. The van der Waals surface area contributed by atoms with Gasteiger partial charge in [-0.1, -0.05) is 13.8 Å². The van der Waals surface area contributed by atoms with Crippen molar-refractivity contribution in [3.63, 3.8) is 0 Å². The van der Waals surface area contributed by atoms with E-state index in [1.54, 1.807) is 0 Å². The van der Waals surface area contributed by atoms with Crippen LogP contribution in [0.5, 0.6) is 0 Å². The molecule has 0 radical (unpaired) electrons. The number of nitrogens with zero attached hydrogens (tertiary/aromatic N) is 3. The van der Waals surface area contributed by atoms with E-state index in [9.17, 15) is 4.79 Å². The van der Waals surface area contributed by atoms with Gasteiger partial charge in [-0.05, 0) is 11.6 Å². The van der Waals surface area contributed by atoms with Crippen molar-refractivity contribution < 1.29 is 0 Å². The highest BCUT2D eigenvalue weighted by molar-refractivity contribution is 6.28. The Bertz CT molecular complexity index is 447. The molecule has 13 heavy (non-hydrogen) atoms. The molecule has 2 rings (SSSR count). The molecule has 0 atom stereocenters. The second kappa shape index (κ2) is 3.99. The van der Waals surface area contributed by atoms with Crippen molar-refractivity contribution in [1.82, 2.24) is 25.4 Å². The molecular formula is C6H8ClN5O. The van der Waals surface area contributed by atoms with Crippen LogP contribution in [0.3, 0.4) is 0 Å². The van der Waals surface area contributed by atoms with E-state index in [0.717, 1.165) is 0 Å². The zero-order valence-electron chi connectivity index (χ0n) is 7.13. The van der Waals surface area contributed by atoms with E-state index in [2.05, 4.69) is 25.4 Å². The van der Waals surface area contributed by atoms with Crippen molar-refractivity contribution in [2.45, 2.75) is 13.8 Å². The van der Waals surface area contributed by atoms with E-state index < -0.39 is 5.56 Å². The summed E-state index contributed by atoms with van der Waals surface area (Å²) in [7, 11) is 0. The Morgan fingerprint density at radius 1 is 1.31 bits per heavy atom. The predicted octanol–water partition coefficient (Wildman–Crippen LogP) is 0.721. The maximum absolute atomic E-state index is 11.0. The van der Waals surface area contributed by atoms with Gasteiger partial charge in [-0.25, -0.2) is 0 Å². The third-order valence-electron chi connectivity index (χ3n) is 1.17. The van der Waals surface area contributed by atoms with Crippen LogP contribution in [0.25, 0.3) is 11.2 Å². The molecule has 0 fully saturated rings. The van der Waals surface area contributed by atoms with Crippen LogP contribution in [0.2, 0.25) is 5.28 Å². The molecule has 0 bridgehead atoms. The van der Waals surface area contributed by atoms with E-state index in [1.165, 1.54) is 0 Å². The number of fused-ring (bicyclic) bond motifs is 1. The summed E-state index contributed by atoms with van der Waals surface area (Å²) in [5.74, 6) is 0. The predicted molar refractivity (Wildman–Crippen MR) is 48.7 cm³/mol. The third kappa shape index (κ3) is 1.83. The molecular weight excluding hydrogens is 194 g/mol. The Kier molecular flexibility index (Phi) is 2.97. The van der Waals surface area contributed by atoms with Crippen molar-refractivity contribution in [1.29, 1.82) is 0 Å². The summed E-state index contributed by atoms with van der Waals surface area (Å²) in [5, 5.41) is 9.42. The minimum absolute atomic E-state index is 0.0106. The number of aromatic nitrogens is 5. The number of halogens is 1. The number of nitrogens with one attached hydrogen (secondary N) is 2. The van der Waals surface area contributed by atoms with E-state index in [4.69, 9.17) is 11.6 Å². The molecule has 0 unspecified atom stereocenters. The summed E-state index contributed by atoms with van der Waals surface area (Å²) in [6, 6.07) is 0. The van der Waals surface area contributed by atoms with Crippen molar-refractivity contribution >= 4 is 22.8 Å². The van der Waals surface area contributed by atoms with E-state index in [1.807, 2.05) is 13.8 Å². The molecule has 0 aromatic carbocycles. The number of hydrogen-bond donors (Lipinski definition) is 2. The first-order valence-corrected chi connectivity index (χ1v) is 4.11. The minimum Gasteiger partial charge on any atom is -0.295 e. The van der Waals surface area contributed by atoms with Gasteiger partial charge >= 0.3 is 0 Å². The molecule has 2 N–H and O–H groups in total. The lowest BCUT2D eigenvalue weighted by molar-refractivity contribution is 0.954. The lowest BCUT2D eigenvalue weighted by Gasteiger charge is -1.85.